The molecular formula is C28H30FN5O2. The second-order valence-corrected chi connectivity index (χ2v) is 10.1. The number of methoxy groups -OCH3 is 1. The number of carbonyl (C=O) groups is 1. The van der Waals surface area contributed by atoms with Crippen molar-refractivity contribution in [3.63, 3.8) is 0 Å². The van der Waals surface area contributed by atoms with Crippen molar-refractivity contribution in [2.24, 2.45) is 5.92 Å². The predicted octanol–water partition coefficient (Wildman–Crippen LogP) is 4.14. The van der Waals surface area contributed by atoms with Gasteiger partial charge in [-0.3, -0.25) is 9.69 Å². The minimum absolute atomic E-state index is 0.0306. The molecule has 1 unspecified atom stereocenters. The van der Waals surface area contributed by atoms with Crippen LogP contribution in [-0.2, 0) is 23.3 Å². The number of halogens is 1. The normalized spacial score (nSPS) is 21.6. The summed E-state index contributed by atoms with van der Waals surface area (Å²) in [7, 11) is 1.63. The molecule has 3 heterocycles. The Kier molecular flexibility index (Phi) is 5.84. The monoisotopic (exact) mass is 487 g/mol. The molecular weight excluding hydrogens is 457 g/mol. The molecule has 1 spiro atoms. The molecule has 36 heavy (non-hydrogen) atoms. The Bertz CT molecular complexity index is 1280. The lowest BCUT2D eigenvalue weighted by Crippen LogP contribution is -2.53. The molecule has 2 fully saturated rings. The van der Waals surface area contributed by atoms with E-state index in [0.29, 0.717) is 50.0 Å². The van der Waals surface area contributed by atoms with Gasteiger partial charge in [0.05, 0.1) is 19.3 Å². The van der Waals surface area contributed by atoms with Gasteiger partial charge in [-0.25, -0.2) is 14.4 Å². The minimum Gasteiger partial charge on any atom is -0.497 e. The molecule has 1 aliphatic carbocycles. The van der Waals surface area contributed by atoms with Crippen LogP contribution in [0.5, 0.6) is 5.75 Å². The van der Waals surface area contributed by atoms with Crippen LogP contribution in [0.25, 0.3) is 0 Å². The van der Waals surface area contributed by atoms with Gasteiger partial charge in [-0.1, -0.05) is 18.2 Å². The fourth-order valence-corrected chi connectivity index (χ4v) is 5.41. The molecule has 2 aliphatic heterocycles. The molecule has 1 atom stereocenters. The second-order valence-electron chi connectivity index (χ2n) is 10.1. The summed E-state index contributed by atoms with van der Waals surface area (Å²) in [5.41, 5.74) is 2.41. The SMILES string of the molecule is COc1ccc(N2Cc3cnc(NCC4CC4)nc3C3(CCN(Cc4ccccc4F)C3)C2=O)cc1. The molecule has 1 N–H and O–H groups in total. The van der Waals surface area contributed by atoms with E-state index in [1.165, 1.54) is 18.9 Å². The van der Waals surface area contributed by atoms with E-state index in [0.717, 1.165) is 29.2 Å². The number of hydrogen-bond acceptors (Lipinski definition) is 6. The van der Waals surface area contributed by atoms with E-state index in [1.54, 1.807) is 13.2 Å². The highest BCUT2D eigenvalue weighted by atomic mass is 19.1. The van der Waals surface area contributed by atoms with E-state index in [1.807, 2.05) is 47.5 Å². The number of anilines is 2. The summed E-state index contributed by atoms with van der Waals surface area (Å²) >= 11 is 0. The molecule has 1 aromatic heterocycles. The van der Waals surface area contributed by atoms with Gasteiger partial charge in [0, 0.05) is 49.2 Å². The second kappa shape index (κ2) is 9.17. The van der Waals surface area contributed by atoms with Gasteiger partial charge >= 0.3 is 0 Å². The third-order valence-electron chi connectivity index (χ3n) is 7.63. The molecule has 1 saturated heterocycles. The zero-order valence-corrected chi connectivity index (χ0v) is 20.4. The van der Waals surface area contributed by atoms with Crippen LogP contribution in [0, 0.1) is 11.7 Å². The number of nitrogens with one attached hydrogen (secondary N) is 1. The van der Waals surface area contributed by atoms with Crippen molar-refractivity contribution in [2.45, 2.75) is 37.8 Å². The average molecular weight is 488 g/mol. The predicted molar refractivity (Wildman–Crippen MR) is 135 cm³/mol. The molecule has 1 amide bonds. The molecule has 8 heteroatoms. The first kappa shape index (κ1) is 22.9. The highest BCUT2D eigenvalue weighted by molar-refractivity contribution is 6.03. The Morgan fingerprint density at radius 3 is 2.72 bits per heavy atom. The lowest BCUT2D eigenvalue weighted by molar-refractivity contribution is -0.124. The van der Waals surface area contributed by atoms with E-state index in [-0.39, 0.29) is 11.7 Å². The molecule has 1 saturated carbocycles. The number of likely N-dealkylation sites (tertiary alicyclic amines) is 1. The van der Waals surface area contributed by atoms with E-state index in [4.69, 9.17) is 9.72 Å². The van der Waals surface area contributed by atoms with Crippen molar-refractivity contribution in [1.29, 1.82) is 0 Å². The standard InChI is InChI=1S/C28H30FN5O2/c1-36-23-10-8-22(9-11-23)34-17-21-15-31-27(30-14-19-6-7-19)32-25(21)28(26(34)35)12-13-33(18-28)16-20-4-2-3-5-24(20)29/h2-5,8-11,15,19H,6-7,12-14,16-18H2,1H3,(H,30,31,32). The van der Waals surface area contributed by atoms with E-state index >= 15 is 0 Å². The molecule has 7 nitrogen and oxygen atoms in total. The fraction of sp³-hybridized carbons (Fsp3) is 0.393. The molecule has 186 valence electrons. The van der Waals surface area contributed by atoms with Gasteiger partial charge < -0.3 is 15.0 Å². The molecule has 0 bridgehead atoms. The Labute approximate surface area is 210 Å². The minimum atomic E-state index is -0.808. The molecule has 3 aromatic rings. The first-order valence-electron chi connectivity index (χ1n) is 12.6. The number of rotatable bonds is 7. The van der Waals surface area contributed by atoms with Crippen LogP contribution in [0.1, 0.15) is 36.1 Å². The summed E-state index contributed by atoms with van der Waals surface area (Å²) in [6, 6.07) is 14.4. The number of hydrogen-bond donors (Lipinski definition) is 1. The lowest BCUT2D eigenvalue weighted by atomic mass is 9.77. The third-order valence-corrected chi connectivity index (χ3v) is 7.63. The maximum Gasteiger partial charge on any atom is 0.240 e. The van der Waals surface area contributed by atoms with Crippen LogP contribution in [-0.4, -0.2) is 47.5 Å². The highest BCUT2D eigenvalue weighted by Crippen LogP contribution is 2.43. The van der Waals surface area contributed by atoms with Crippen LogP contribution in [0.3, 0.4) is 0 Å². The summed E-state index contributed by atoms with van der Waals surface area (Å²) in [6.07, 6.45) is 4.96. The summed E-state index contributed by atoms with van der Waals surface area (Å²) < 4.78 is 19.7. The van der Waals surface area contributed by atoms with E-state index < -0.39 is 5.41 Å². The van der Waals surface area contributed by atoms with Crippen LogP contribution in [0.2, 0.25) is 0 Å². The zero-order valence-electron chi connectivity index (χ0n) is 20.4. The smallest absolute Gasteiger partial charge is 0.240 e. The maximum atomic E-state index is 14.4. The van der Waals surface area contributed by atoms with Gasteiger partial charge in [-0.2, -0.15) is 0 Å². The Morgan fingerprint density at radius 2 is 1.97 bits per heavy atom. The van der Waals surface area contributed by atoms with Crippen molar-refractivity contribution in [3.05, 3.63) is 77.4 Å². The first-order chi connectivity index (χ1) is 17.6. The number of benzene rings is 2. The Balaban J connectivity index is 1.35. The number of carbonyl (C=O) groups excluding carboxylic acids is 1. The lowest BCUT2D eigenvalue weighted by Gasteiger charge is -2.40. The van der Waals surface area contributed by atoms with E-state index in [2.05, 4.69) is 15.2 Å². The topological polar surface area (TPSA) is 70.6 Å². The molecule has 2 aromatic carbocycles. The Hall–Kier alpha value is -3.52. The third kappa shape index (κ3) is 4.19. The van der Waals surface area contributed by atoms with Crippen molar-refractivity contribution < 1.29 is 13.9 Å². The number of nitrogens with zero attached hydrogens (tertiary/aromatic N) is 4. The highest BCUT2D eigenvalue weighted by Gasteiger charge is 2.53. The van der Waals surface area contributed by atoms with Gasteiger partial charge in [0.2, 0.25) is 11.9 Å². The van der Waals surface area contributed by atoms with Gasteiger partial charge in [0.25, 0.3) is 0 Å². The molecule has 6 rings (SSSR count). The number of aromatic nitrogens is 2. The van der Waals surface area contributed by atoms with Gasteiger partial charge in [0.15, 0.2) is 0 Å². The van der Waals surface area contributed by atoms with Gasteiger partial charge in [-0.05, 0) is 55.5 Å². The molecule has 0 radical (unpaired) electrons. The Morgan fingerprint density at radius 1 is 1.17 bits per heavy atom. The quantitative estimate of drug-likeness (QED) is 0.540. The van der Waals surface area contributed by atoms with Crippen molar-refractivity contribution in [3.8, 4) is 5.75 Å². The maximum absolute atomic E-state index is 14.4. The zero-order chi connectivity index (χ0) is 24.7. The van der Waals surface area contributed by atoms with Crippen molar-refractivity contribution in [1.82, 2.24) is 14.9 Å². The summed E-state index contributed by atoms with van der Waals surface area (Å²) in [4.78, 5) is 27.7. The average Bonchev–Trinajstić information content (AvgIpc) is 3.65. The first-order valence-corrected chi connectivity index (χ1v) is 12.6. The van der Waals surface area contributed by atoms with Gasteiger partial charge in [-0.15, -0.1) is 0 Å². The number of fused-ring (bicyclic) bond motifs is 2. The van der Waals surface area contributed by atoms with E-state index in [9.17, 15) is 9.18 Å². The summed E-state index contributed by atoms with van der Waals surface area (Å²) in [5, 5.41) is 3.37. The summed E-state index contributed by atoms with van der Waals surface area (Å²) in [6.45, 7) is 2.90. The largest absolute Gasteiger partial charge is 0.497 e. The van der Waals surface area contributed by atoms with Crippen LogP contribution in [0.4, 0.5) is 16.0 Å². The van der Waals surface area contributed by atoms with Gasteiger partial charge in [0.1, 0.15) is 17.0 Å². The number of ether oxygens (including phenoxy) is 1. The van der Waals surface area contributed by atoms with Crippen LogP contribution >= 0.6 is 0 Å². The fourth-order valence-electron chi connectivity index (χ4n) is 5.41. The number of amides is 1. The molecule has 3 aliphatic rings. The van der Waals surface area contributed by atoms with Crippen LogP contribution < -0.4 is 15.0 Å². The van der Waals surface area contributed by atoms with Crippen LogP contribution in [0.15, 0.2) is 54.7 Å². The summed E-state index contributed by atoms with van der Waals surface area (Å²) in [5.74, 6) is 1.82. The van der Waals surface area contributed by atoms with Crippen molar-refractivity contribution in [2.75, 3.05) is 37.0 Å². The van der Waals surface area contributed by atoms with Crippen molar-refractivity contribution >= 4 is 17.5 Å².